The summed E-state index contributed by atoms with van der Waals surface area (Å²) in [7, 11) is 6.10. The molecule has 1 aliphatic rings. The number of likely N-dealkylation sites (N-methyl/N-ethyl adjacent to an activating group) is 1. The van der Waals surface area contributed by atoms with Crippen molar-refractivity contribution in [3.63, 3.8) is 0 Å². The Hall–Kier alpha value is -0.160. The van der Waals surface area contributed by atoms with Crippen LogP contribution >= 0.6 is 0 Å². The molecule has 2 atom stereocenters. The van der Waals surface area contributed by atoms with Crippen molar-refractivity contribution in [2.75, 3.05) is 54.0 Å². The molecule has 1 aliphatic heterocycles. The van der Waals surface area contributed by atoms with Gasteiger partial charge in [-0.3, -0.25) is 4.90 Å². The fourth-order valence-corrected chi connectivity index (χ4v) is 2.83. The molecule has 2 unspecified atom stereocenters. The molecule has 4 nitrogen and oxygen atoms in total. The first-order valence-electron chi connectivity index (χ1n) is 7.25. The quantitative estimate of drug-likeness (QED) is 0.624. The molecule has 4 heteroatoms. The lowest BCUT2D eigenvalue weighted by Crippen LogP contribution is -2.46. The normalized spacial score (nSPS) is 22.8. The fraction of sp³-hybridized carbons (Fsp3) is 1.00. The lowest BCUT2D eigenvalue weighted by Gasteiger charge is -2.32. The number of nitrogens with zero attached hydrogens (tertiary/aromatic N) is 2. The minimum Gasteiger partial charge on any atom is -0.385 e. The molecule has 0 aliphatic carbocycles. The van der Waals surface area contributed by atoms with Gasteiger partial charge in [-0.15, -0.1) is 0 Å². The van der Waals surface area contributed by atoms with Gasteiger partial charge in [-0.1, -0.05) is 0 Å². The van der Waals surface area contributed by atoms with Crippen LogP contribution in [0.5, 0.6) is 0 Å². The first-order valence-corrected chi connectivity index (χ1v) is 7.25. The maximum atomic E-state index is 5.05. The van der Waals surface area contributed by atoms with E-state index in [-0.39, 0.29) is 0 Å². The second-order valence-electron chi connectivity index (χ2n) is 5.70. The van der Waals surface area contributed by atoms with E-state index in [0.717, 1.165) is 32.2 Å². The highest BCUT2D eigenvalue weighted by molar-refractivity contribution is 4.85. The monoisotopic (exact) mass is 257 g/mol. The number of hydrogen-bond acceptors (Lipinski definition) is 4. The fourth-order valence-electron chi connectivity index (χ4n) is 2.83. The summed E-state index contributed by atoms with van der Waals surface area (Å²) in [4.78, 5) is 4.98. The van der Waals surface area contributed by atoms with Crippen LogP contribution in [-0.4, -0.2) is 75.9 Å². The van der Waals surface area contributed by atoms with Crippen molar-refractivity contribution in [1.82, 2.24) is 15.1 Å². The van der Waals surface area contributed by atoms with Gasteiger partial charge in [0, 0.05) is 38.9 Å². The summed E-state index contributed by atoms with van der Waals surface area (Å²) >= 11 is 0. The van der Waals surface area contributed by atoms with E-state index < -0.39 is 0 Å². The number of rotatable bonds is 9. The summed E-state index contributed by atoms with van der Waals surface area (Å²) in [6.07, 6.45) is 3.81. The largest absolute Gasteiger partial charge is 0.385 e. The van der Waals surface area contributed by atoms with E-state index in [1.54, 1.807) is 7.11 Å². The predicted octanol–water partition coefficient (Wildman–Crippen LogP) is 1.03. The molecule has 0 radical (unpaired) electrons. The zero-order chi connectivity index (χ0) is 13.4. The smallest absolute Gasteiger partial charge is 0.0474 e. The number of hydrogen-bond donors (Lipinski definition) is 1. The second-order valence-corrected chi connectivity index (χ2v) is 5.70. The van der Waals surface area contributed by atoms with Crippen molar-refractivity contribution in [2.24, 2.45) is 0 Å². The number of nitrogens with one attached hydrogen (secondary N) is 1. The molecule has 0 amide bonds. The molecule has 1 saturated heterocycles. The summed E-state index contributed by atoms with van der Waals surface area (Å²) in [5, 5.41) is 3.54. The van der Waals surface area contributed by atoms with Crippen LogP contribution in [0.2, 0.25) is 0 Å². The minimum absolute atomic E-state index is 0.639. The Morgan fingerprint density at radius 2 is 2.22 bits per heavy atom. The van der Waals surface area contributed by atoms with Gasteiger partial charge in [-0.05, 0) is 53.4 Å². The van der Waals surface area contributed by atoms with Crippen molar-refractivity contribution < 1.29 is 4.74 Å². The highest BCUT2D eigenvalue weighted by Crippen LogP contribution is 2.20. The van der Waals surface area contributed by atoms with E-state index in [1.807, 2.05) is 0 Å². The van der Waals surface area contributed by atoms with Crippen LogP contribution in [0.4, 0.5) is 0 Å². The van der Waals surface area contributed by atoms with Gasteiger partial charge in [-0.2, -0.15) is 0 Å². The Kier molecular flexibility index (Phi) is 7.82. The molecular weight excluding hydrogens is 226 g/mol. The summed E-state index contributed by atoms with van der Waals surface area (Å²) in [6, 6.07) is 1.38. The van der Waals surface area contributed by atoms with Gasteiger partial charge in [0.2, 0.25) is 0 Å². The molecule has 0 bridgehead atoms. The SMILES string of the molecule is COCCCNCC(C)N1CCCC1CN(C)C. The van der Waals surface area contributed by atoms with Crippen LogP contribution in [0, 0.1) is 0 Å². The van der Waals surface area contributed by atoms with Gasteiger partial charge in [0.05, 0.1) is 0 Å². The zero-order valence-corrected chi connectivity index (χ0v) is 12.6. The third-order valence-corrected chi connectivity index (χ3v) is 3.71. The first kappa shape index (κ1) is 15.9. The topological polar surface area (TPSA) is 27.7 Å². The summed E-state index contributed by atoms with van der Waals surface area (Å²) < 4.78 is 5.05. The summed E-state index contributed by atoms with van der Waals surface area (Å²) in [5.74, 6) is 0. The summed E-state index contributed by atoms with van der Waals surface area (Å²) in [6.45, 7) is 7.80. The van der Waals surface area contributed by atoms with Crippen molar-refractivity contribution in [2.45, 2.75) is 38.3 Å². The third-order valence-electron chi connectivity index (χ3n) is 3.71. The van der Waals surface area contributed by atoms with E-state index in [0.29, 0.717) is 6.04 Å². The van der Waals surface area contributed by atoms with Crippen molar-refractivity contribution in [3.8, 4) is 0 Å². The van der Waals surface area contributed by atoms with Crippen molar-refractivity contribution in [1.29, 1.82) is 0 Å². The Labute approximate surface area is 113 Å². The average molecular weight is 257 g/mol. The molecule has 0 saturated carbocycles. The van der Waals surface area contributed by atoms with Crippen LogP contribution in [-0.2, 0) is 4.74 Å². The van der Waals surface area contributed by atoms with Crippen LogP contribution in [0.15, 0.2) is 0 Å². The molecule has 108 valence electrons. The highest BCUT2D eigenvalue weighted by atomic mass is 16.5. The van der Waals surface area contributed by atoms with E-state index in [2.05, 4.69) is 36.1 Å². The van der Waals surface area contributed by atoms with Gasteiger partial charge in [0.1, 0.15) is 0 Å². The molecule has 0 aromatic rings. The Balaban J connectivity index is 2.20. The van der Waals surface area contributed by atoms with Gasteiger partial charge >= 0.3 is 0 Å². The van der Waals surface area contributed by atoms with E-state index in [9.17, 15) is 0 Å². The zero-order valence-electron chi connectivity index (χ0n) is 12.6. The highest BCUT2D eigenvalue weighted by Gasteiger charge is 2.28. The van der Waals surface area contributed by atoms with Crippen LogP contribution in [0.3, 0.4) is 0 Å². The molecule has 1 heterocycles. The molecule has 1 fully saturated rings. The maximum Gasteiger partial charge on any atom is 0.0474 e. The molecule has 18 heavy (non-hydrogen) atoms. The van der Waals surface area contributed by atoms with E-state index in [1.165, 1.54) is 25.9 Å². The Morgan fingerprint density at radius 3 is 2.89 bits per heavy atom. The maximum absolute atomic E-state index is 5.05. The number of methoxy groups -OCH3 is 1. The van der Waals surface area contributed by atoms with Gasteiger partial charge < -0.3 is 15.0 Å². The van der Waals surface area contributed by atoms with Crippen LogP contribution in [0.25, 0.3) is 0 Å². The van der Waals surface area contributed by atoms with Gasteiger partial charge in [0.25, 0.3) is 0 Å². The standard InChI is InChI=1S/C14H31N3O/c1-13(11-15-8-6-10-18-4)17-9-5-7-14(17)12-16(2)3/h13-15H,5-12H2,1-4H3. The third kappa shape index (κ3) is 5.65. The number of ether oxygens (including phenoxy) is 1. The van der Waals surface area contributed by atoms with E-state index >= 15 is 0 Å². The van der Waals surface area contributed by atoms with E-state index in [4.69, 9.17) is 4.74 Å². The molecule has 0 aromatic carbocycles. The predicted molar refractivity (Wildman–Crippen MR) is 77.1 cm³/mol. The van der Waals surface area contributed by atoms with Crippen LogP contribution in [0.1, 0.15) is 26.2 Å². The molecule has 0 aromatic heterocycles. The summed E-state index contributed by atoms with van der Waals surface area (Å²) in [5.41, 5.74) is 0. The van der Waals surface area contributed by atoms with Crippen LogP contribution < -0.4 is 5.32 Å². The lowest BCUT2D eigenvalue weighted by atomic mass is 10.2. The van der Waals surface area contributed by atoms with Gasteiger partial charge in [-0.25, -0.2) is 0 Å². The Morgan fingerprint density at radius 1 is 1.44 bits per heavy atom. The molecular formula is C14H31N3O. The van der Waals surface area contributed by atoms with Gasteiger partial charge in [0.15, 0.2) is 0 Å². The molecule has 0 spiro atoms. The first-order chi connectivity index (χ1) is 8.65. The number of likely N-dealkylation sites (tertiary alicyclic amines) is 1. The lowest BCUT2D eigenvalue weighted by molar-refractivity contribution is 0.157. The van der Waals surface area contributed by atoms with Crippen molar-refractivity contribution in [3.05, 3.63) is 0 Å². The minimum atomic E-state index is 0.639. The van der Waals surface area contributed by atoms with Crippen molar-refractivity contribution >= 4 is 0 Å². The molecule has 1 rings (SSSR count). The second kappa shape index (κ2) is 8.86. The Bertz CT molecular complexity index is 211. The average Bonchev–Trinajstić information content (AvgIpc) is 2.76. The molecule has 1 N–H and O–H groups in total.